The van der Waals surface area contributed by atoms with Gasteiger partial charge in [0, 0.05) is 18.7 Å². The summed E-state index contributed by atoms with van der Waals surface area (Å²) in [6.07, 6.45) is -4.59. The Bertz CT molecular complexity index is 945. The van der Waals surface area contributed by atoms with Crippen LogP contribution in [0.4, 0.5) is 13.2 Å². The maximum Gasteiger partial charge on any atom is 0.439 e. The quantitative estimate of drug-likeness (QED) is 0.775. The van der Waals surface area contributed by atoms with E-state index in [-0.39, 0.29) is 22.5 Å². The van der Waals surface area contributed by atoms with Crippen LogP contribution in [0.25, 0.3) is 11.4 Å². The minimum atomic E-state index is -4.59. The minimum absolute atomic E-state index is 0.0646. The summed E-state index contributed by atoms with van der Waals surface area (Å²) in [7, 11) is 1.30. The third-order valence-electron chi connectivity index (χ3n) is 2.99. The van der Waals surface area contributed by atoms with Crippen LogP contribution in [0.3, 0.4) is 0 Å². The van der Waals surface area contributed by atoms with Gasteiger partial charge in [-0.2, -0.15) is 18.3 Å². The number of ether oxygens (including phenoxy) is 1. The molecule has 0 fully saturated rings. The van der Waals surface area contributed by atoms with Crippen molar-refractivity contribution in [3.63, 3.8) is 0 Å². The normalized spacial score (nSPS) is 11.7. The highest BCUT2D eigenvalue weighted by atomic mass is 35.5. The van der Waals surface area contributed by atoms with Gasteiger partial charge in [0.1, 0.15) is 5.75 Å². The molecule has 0 amide bonds. The smallest absolute Gasteiger partial charge is 0.438 e. The lowest BCUT2D eigenvalue weighted by atomic mass is 10.2. The highest BCUT2D eigenvalue weighted by Crippen LogP contribution is 2.35. The lowest BCUT2D eigenvalue weighted by Gasteiger charge is -2.08. The second-order valence-corrected chi connectivity index (χ2v) is 5.09. The second kappa shape index (κ2) is 5.71. The lowest BCUT2D eigenvalue weighted by Crippen LogP contribution is -2.06. The average molecular weight is 361 g/mol. The van der Waals surface area contributed by atoms with Gasteiger partial charge < -0.3 is 4.74 Å². The van der Waals surface area contributed by atoms with E-state index in [1.54, 1.807) is 0 Å². The van der Waals surface area contributed by atoms with Crippen LogP contribution in [0.5, 0.6) is 11.6 Å². The molecule has 2 heterocycles. The SMILES string of the molecule is Cn1nc(C(F)(F)F)cc1Oc1cc(-c2noc(=O)[nH]2)ccc1Cl. The molecule has 0 saturated heterocycles. The molecule has 0 aliphatic heterocycles. The van der Waals surface area contributed by atoms with Gasteiger partial charge in [0.25, 0.3) is 0 Å². The zero-order valence-corrected chi connectivity index (χ0v) is 12.6. The molecule has 3 rings (SSSR count). The molecule has 0 bridgehead atoms. The molecular formula is C13H8ClF3N4O3. The first kappa shape index (κ1) is 16.1. The Hall–Kier alpha value is -2.75. The van der Waals surface area contributed by atoms with Crippen molar-refractivity contribution >= 4 is 11.6 Å². The number of alkyl halides is 3. The Balaban J connectivity index is 1.96. The van der Waals surface area contributed by atoms with E-state index in [9.17, 15) is 18.0 Å². The molecule has 0 radical (unpaired) electrons. The van der Waals surface area contributed by atoms with Gasteiger partial charge in [-0.25, -0.2) is 9.48 Å². The summed E-state index contributed by atoms with van der Waals surface area (Å²) in [6.45, 7) is 0. The molecule has 3 aromatic rings. The zero-order chi connectivity index (χ0) is 17.5. The van der Waals surface area contributed by atoms with Gasteiger partial charge in [0.15, 0.2) is 11.5 Å². The zero-order valence-electron chi connectivity index (χ0n) is 11.9. The fourth-order valence-corrected chi connectivity index (χ4v) is 2.04. The number of hydrogen-bond donors (Lipinski definition) is 1. The summed E-state index contributed by atoms with van der Waals surface area (Å²) in [5.74, 6) is -0.712. The maximum atomic E-state index is 12.7. The summed E-state index contributed by atoms with van der Waals surface area (Å²) in [4.78, 5) is 13.3. The summed E-state index contributed by atoms with van der Waals surface area (Å²) >= 11 is 6.00. The van der Waals surface area contributed by atoms with Crippen molar-refractivity contribution in [2.45, 2.75) is 6.18 Å². The largest absolute Gasteiger partial charge is 0.439 e. The van der Waals surface area contributed by atoms with Crippen molar-refractivity contribution in [2.24, 2.45) is 7.05 Å². The van der Waals surface area contributed by atoms with Gasteiger partial charge in [-0.15, -0.1) is 0 Å². The number of aromatic amines is 1. The molecular weight excluding hydrogens is 353 g/mol. The van der Waals surface area contributed by atoms with Gasteiger partial charge in [0.05, 0.1) is 5.02 Å². The van der Waals surface area contributed by atoms with Gasteiger partial charge >= 0.3 is 11.9 Å². The van der Waals surface area contributed by atoms with Crippen LogP contribution < -0.4 is 10.5 Å². The second-order valence-electron chi connectivity index (χ2n) is 4.68. The number of rotatable bonds is 3. The highest BCUT2D eigenvalue weighted by molar-refractivity contribution is 6.32. The molecule has 0 spiro atoms. The number of H-pyrrole nitrogens is 1. The van der Waals surface area contributed by atoms with Crippen molar-refractivity contribution in [3.05, 3.63) is 45.5 Å². The summed E-state index contributed by atoms with van der Waals surface area (Å²) in [5.41, 5.74) is -0.688. The Morgan fingerprint density at radius 1 is 1.33 bits per heavy atom. The number of nitrogens with one attached hydrogen (secondary N) is 1. The molecule has 1 N–H and O–H groups in total. The highest BCUT2D eigenvalue weighted by Gasteiger charge is 2.35. The van der Waals surface area contributed by atoms with E-state index in [0.29, 0.717) is 5.56 Å². The van der Waals surface area contributed by atoms with Crippen molar-refractivity contribution < 1.29 is 22.4 Å². The maximum absolute atomic E-state index is 12.7. The number of benzene rings is 1. The van der Waals surface area contributed by atoms with Crippen LogP contribution in [0, 0.1) is 0 Å². The molecule has 0 saturated carbocycles. The van der Waals surface area contributed by atoms with E-state index in [4.69, 9.17) is 16.3 Å². The van der Waals surface area contributed by atoms with Gasteiger partial charge in [-0.3, -0.25) is 9.51 Å². The van der Waals surface area contributed by atoms with E-state index < -0.39 is 17.6 Å². The minimum Gasteiger partial charge on any atom is -0.438 e. The predicted molar refractivity (Wildman–Crippen MR) is 75.9 cm³/mol. The van der Waals surface area contributed by atoms with E-state index in [2.05, 4.69) is 19.8 Å². The number of hydrogen-bond acceptors (Lipinski definition) is 5. The molecule has 24 heavy (non-hydrogen) atoms. The van der Waals surface area contributed by atoms with Gasteiger partial charge in [0.2, 0.25) is 5.88 Å². The Morgan fingerprint density at radius 2 is 2.08 bits per heavy atom. The van der Waals surface area contributed by atoms with Crippen molar-refractivity contribution in [3.8, 4) is 23.0 Å². The first-order chi connectivity index (χ1) is 11.2. The molecule has 7 nitrogen and oxygen atoms in total. The predicted octanol–water partition coefficient (Wildman–Crippen LogP) is 3.23. The average Bonchev–Trinajstić information content (AvgIpc) is 3.08. The van der Waals surface area contributed by atoms with E-state index >= 15 is 0 Å². The van der Waals surface area contributed by atoms with Crippen molar-refractivity contribution in [1.82, 2.24) is 19.9 Å². The lowest BCUT2D eigenvalue weighted by molar-refractivity contribution is -0.141. The van der Waals surface area contributed by atoms with Crippen LogP contribution in [0.15, 0.2) is 33.6 Å². The van der Waals surface area contributed by atoms with Crippen LogP contribution in [-0.4, -0.2) is 19.9 Å². The van der Waals surface area contributed by atoms with E-state index in [1.165, 1.54) is 25.2 Å². The van der Waals surface area contributed by atoms with Crippen LogP contribution in [-0.2, 0) is 13.2 Å². The number of aromatic nitrogens is 4. The summed E-state index contributed by atoms with van der Waals surface area (Å²) in [6, 6.07) is 5.13. The van der Waals surface area contributed by atoms with Crippen LogP contribution in [0.2, 0.25) is 5.02 Å². The summed E-state index contributed by atoms with van der Waals surface area (Å²) < 4.78 is 48.8. The summed E-state index contributed by atoms with van der Waals surface area (Å²) in [5, 5.41) is 7.00. The Morgan fingerprint density at radius 3 is 2.67 bits per heavy atom. The Kier molecular flexibility index (Phi) is 3.84. The topological polar surface area (TPSA) is 85.9 Å². The monoisotopic (exact) mass is 360 g/mol. The molecule has 0 unspecified atom stereocenters. The fraction of sp³-hybridized carbons (Fsp3) is 0.154. The molecule has 1 aromatic carbocycles. The number of nitrogens with zero attached hydrogens (tertiary/aromatic N) is 3. The van der Waals surface area contributed by atoms with Crippen molar-refractivity contribution in [1.29, 1.82) is 0 Å². The standard InChI is InChI=1S/C13H8ClF3N4O3/c1-21-10(5-9(19-21)13(15,16)17)23-8-4-6(2-3-7(8)14)11-18-12(22)24-20-11/h2-5H,1H3,(H,18,20,22). The van der Waals surface area contributed by atoms with Crippen molar-refractivity contribution in [2.75, 3.05) is 0 Å². The molecule has 0 aliphatic carbocycles. The van der Waals surface area contributed by atoms with E-state index in [0.717, 1.165) is 10.7 Å². The Labute approximate surface area is 136 Å². The first-order valence-corrected chi connectivity index (χ1v) is 6.77. The van der Waals surface area contributed by atoms with E-state index in [1.807, 2.05) is 0 Å². The van der Waals surface area contributed by atoms with Gasteiger partial charge in [-0.05, 0) is 18.2 Å². The molecule has 126 valence electrons. The van der Waals surface area contributed by atoms with Crippen LogP contribution >= 0.6 is 11.6 Å². The van der Waals surface area contributed by atoms with Crippen LogP contribution in [0.1, 0.15) is 5.69 Å². The fourth-order valence-electron chi connectivity index (χ4n) is 1.88. The molecule has 0 atom stereocenters. The third kappa shape index (κ3) is 3.13. The van der Waals surface area contributed by atoms with Gasteiger partial charge in [-0.1, -0.05) is 16.8 Å². The molecule has 11 heteroatoms. The molecule has 2 aromatic heterocycles. The first-order valence-electron chi connectivity index (χ1n) is 6.39. The molecule has 0 aliphatic rings. The number of halogens is 4. The number of aryl methyl sites for hydroxylation is 1. The third-order valence-corrected chi connectivity index (χ3v) is 3.30.